The summed E-state index contributed by atoms with van der Waals surface area (Å²) in [4.78, 5) is 0.0943. The molecule has 3 aromatic rings. The average molecular weight is 401 g/mol. The summed E-state index contributed by atoms with van der Waals surface area (Å²) in [6, 6.07) is 13.7. The summed E-state index contributed by atoms with van der Waals surface area (Å²) in [7, 11) is -0.790. The summed E-state index contributed by atoms with van der Waals surface area (Å²) in [5.74, 6) is 0.820. The molecule has 0 aliphatic heterocycles. The lowest BCUT2D eigenvalue weighted by Gasteiger charge is -2.12. The van der Waals surface area contributed by atoms with E-state index in [-0.39, 0.29) is 4.90 Å². The molecule has 1 N–H and O–H groups in total. The number of ether oxygens (including phenoxy) is 2. The van der Waals surface area contributed by atoms with Gasteiger partial charge in [0.25, 0.3) is 10.0 Å². The third-order valence-corrected chi connectivity index (χ3v) is 5.69. The Morgan fingerprint density at radius 3 is 2.21 bits per heavy atom. The molecule has 0 atom stereocenters. The van der Waals surface area contributed by atoms with Crippen molar-refractivity contribution < 1.29 is 17.9 Å². The Kier molecular flexibility index (Phi) is 5.60. The molecule has 1 heterocycles. The van der Waals surface area contributed by atoms with Gasteiger partial charge < -0.3 is 9.47 Å². The van der Waals surface area contributed by atoms with Crippen molar-refractivity contribution in [1.82, 2.24) is 9.78 Å². The maximum atomic E-state index is 12.7. The first-order valence-electron chi connectivity index (χ1n) is 8.67. The van der Waals surface area contributed by atoms with Crippen LogP contribution in [0.15, 0.2) is 53.4 Å². The standard InChI is InChI=1S/C20H23N3O4S/c1-14-11-15(2)23(21-14)13-16-5-7-17(8-6-16)22-28(24,25)18-9-10-19(26-3)20(12-18)27-4/h5-12,22H,13H2,1-4H3. The van der Waals surface area contributed by atoms with Crippen molar-refractivity contribution >= 4 is 15.7 Å². The molecule has 8 heteroatoms. The number of rotatable bonds is 7. The fraction of sp³-hybridized carbons (Fsp3) is 0.250. The zero-order chi connectivity index (χ0) is 20.3. The van der Waals surface area contributed by atoms with Crippen molar-refractivity contribution in [2.45, 2.75) is 25.3 Å². The van der Waals surface area contributed by atoms with E-state index in [2.05, 4.69) is 9.82 Å². The van der Waals surface area contributed by atoms with E-state index in [1.54, 1.807) is 18.2 Å². The van der Waals surface area contributed by atoms with E-state index in [4.69, 9.17) is 9.47 Å². The van der Waals surface area contributed by atoms with Gasteiger partial charge in [-0.25, -0.2) is 8.42 Å². The predicted octanol–water partition coefficient (Wildman–Crippen LogP) is 3.37. The highest BCUT2D eigenvalue weighted by Gasteiger charge is 2.17. The molecule has 3 rings (SSSR count). The van der Waals surface area contributed by atoms with Crippen LogP contribution in [0.1, 0.15) is 17.0 Å². The van der Waals surface area contributed by atoms with Gasteiger partial charge in [-0.15, -0.1) is 0 Å². The third-order valence-electron chi connectivity index (χ3n) is 4.31. The Bertz CT molecular complexity index is 1070. The van der Waals surface area contributed by atoms with Gasteiger partial charge in [-0.1, -0.05) is 12.1 Å². The smallest absolute Gasteiger partial charge is 0.262 e. The lowest BCUT2D eigenvalue weighted by molar-refractivity contribution is 0.354. The van der Waals surface area contributed by atoms with Crippen molar-refractivity contribution in [3.8, 4) is 11.5 Å². The second-order valence-electron chi connectivity index (χ2n) is 6.40. The lowest BCUT2D eigenvalue weighted by atomic mass is 10.2. The van der Waals surface area contributed by atoms with E-state index in [0.29, 0.717) is 23.7 Å². The largest absolute Gasteiger partial charge is 0.493 e. The molecule has 0 amide bonds. The Hall–Kier alpha value is -3.00. The van der Waals surface area contributed by atoms with Gasteiger partial charge in [-0.05, 0) is 49.7 Å². The van der Waals surface area contributed by atoms with Crippen LogP contribution in [0.4, 0.5) is 5.69 Å². The monoisotopic (exact) mass is 401 g/mol. The summed E-state index contributed by atoms with van der Waals surface area (Å²) in [5, 5.41) is 4.44. The topological polar surface area (TPSA) is 82.5 Å². The van der Waals surface area contributed by atoms with Crippen LogP contribution in [0.2, 0.25) is 0 Å². The zero-order valence-electron chi connectivity index (χ0n) is 16.3. The molecule has 0 saturated carbocycles. The average Bonchev–Trinajstić information content (AvgIpc) is 2.99. The maximum absolute atomic E-state index is 12.7. The summed E-state index contributed by atoms with van der Waals surface area (Å²) >= 11 is 0. The lowest BCUT2D eigenvalue weighted by Crippen LogP contribution is -2.13. The molecule has 0 fully saturated rings. The number of aromatic nitrogens is 2. The van der Waals surface area contributed by atoms with Gasteiger partial charge in [0.1, 0.15) is 0 Å². The molecule has 0 aliphatic carbocycles. The van der Waals surface area contributed by atoms with Crippen LogP contribution in [0.3, 0.4) is 0 Å². The Morgan fingerprint density at radius 1 is 0.964 bits per heavy atom. The number of aryl methyl sites for hydroxylation is 2. The van der Waals surface area contributed by atoms with Crippen molar-refractivity contribution in [2.75, 3.05) is 18.9 Å². The Morgan fingerprint density at radius 2 is 1.64 bits per heavy atom. The SMILES string of the molecule is COc1ccc(S(=O)(=O)Nc2ccc(Cn3nc(C)cc3C)cc2)cc1OC. The highest BCUT2D eigenvalue weighted by molar-refractivity contribution is 7.92. The van der Waals surface area contributed by atoms with Crippen molar-refractivity contribution in [3.05, 3.63) is 65.5 Å². The van der Waals surface area contributed by atoms with Gasteiger partial charge in [0.2, 0.25) is 0 Å². The van der Waals surface area contributed by atoms with Crippen molar-refractivity contribution in [2.24, 2.45) is 0 Å². The van der Waals surface area contributed by atoms with E-state index in [9.17, 15) is 8.42 Å². The van der Waals surface area contributed by atoms with Crippen LogP contribution in [0, 0.1) is 13.8 Å². The van der Waals surface area contributed by atoms with E-state index < -0.39 is 10.0 Å². The number of sulfonamides is 1. The first-order chi connectivity index (χ1) is 13.3. The molecule has 1 aromatic heterocycles. The van der Waals surface area contributed by atoms with Gasteiger partial charge in [-0.3, -0.25) is 9.40 Å². The molecule has 0 radical (unpaired) electrons. The fourth-order valence-corrected chi connectivity index (χ4v) is 3.96. The molecule has 0 unspecified atom stereocenters. The molecule has 0 spiro atoms. The molecule has 0 saturated heterocycles. The number of benzene rings is 2. The van der Waals surface area contributed by atoms with Crippen LogP contribution < -0.4 is 14.2 Å². The molecule has 0 bridgehead atoms. The number of hydrogen-bond acceptors (Lipinski definition) is 5. The van der Waals surface area contributed by atoms with E-state index >= 15 is 0 Å². The first kappa shape index (κ1) is 19.8. The Labute approximate surface area is 165 Å². The summed E-state index contributed by atoms with van der Waals surface area (Å²) in [5.41, 5.74) is 3.56. The van der Waals surface area contributed by atoms with Crippen molar-refractivity contribution in [1.29, 1.82) is 0 Å². The minimum atomic E-state index is -3.75. The van der Waals surface area contributed by atoms with E-state index in [1.807, 2.05) is 36.7 Å². The maximum Gasteiger partial charge on any atom is 0.262 e. The molecular formula is C20H23N3O4S. The van der Waals surface area contributed by atoms with Crippen molar-refractivity contribution in [3.63, 3.8) is 0 Å². The summed E-state index contributed by atoms with van der Waals surface area (Å²) in [6.45, 7) is 4.59. The molecule has 28 heavy (non-hydrogen) atoms. The van der Waals surface area contributed by atoms with Crippen LogP contribution >= 0.6 is 0 Å². The number of anilines is 1. The minimum absolute atomic E-state index is 0.0943. The number of nitrogens with one attached hydrogen (secondary N) is 1. The third kappa shape index (κ3) is 4.28. The van der Waals surface area contributed by atoms with E-state index in [1.165, 1.54) is 26.4 Å². The molecule has 2 aromatic carbocycles. The van der Waals surface area contributed by atoms with Gasteiger partial charge in [0.05, 0.1) is 31.4 Å². The van der Waals surface area contributed by atoms with Crippen LogP contribution in [0.5, 0.6) is 11.5 Å². The van der Waals surface area contributed by atoms with Gasteiger partial charge >= 0.3 is 0 Å². The van der Waals surface area contributed by atoms with Gasteiger partial charge in [0.15, 0.2) is 11.5 Å². The summed E-state index contributed by atoms with van der Waals surface area (Å²) in [6.07, 6.45) is 0. The quantitative estimate of drug-likeness (QED) is 0.656. The Balaban J connectivity index is 1.76. The van der Waals surface area contributed by atoms with E-state index in [0.717, 1.165) is 17.0 Å². The fourth-order valence-electron chi connectivity index (χ4n) is 2.88. The number of hydrogen-bond donors (Lipinski definition) is 1. The summed E-state index contributed by atoms with van der Waals surface area (Å²) < 4.78 is 40.2. The molecular weight excluding hydrogens is 378 g/mol. The minimum Gasteiger partial charge on any atom is -0.493 e. The molecule has 7 nitrogen and oxygen atoms in total. The van der Waals surface area contributed by atoms with Gasteiger partial charge in [0, 0.05) is 17.4 Å². The first-order valence-corrected chi connectivity index (χ1v) is 10.2. The zero-order valence-corrected chi connectivity index (χ0v) is 17.1. The van der Waals surface area contributed by atoms with Crippen LogP contribution in [-0.4, -0.2) is 32.4 Å². The second-order valence-corrected chi connectivity index (χ2v) is 8.09. The normalized spacial score (nSPS) is 11.3. The molecule has 148 valence electrons. The number of nitrogens with zero attached hydrogens (tertiary/aromatic N) is 2. The van der Waals surface area contributed by atoms with Crippen LogP contribution in [0.25, 0.3) is 0 Å². The van der Waals surface area contributed by atoms with Crippen LogP contribution in [-0.2, 0) is 16.6 Å². The predicted molar refractivity (Wildman–Crippen MR) is 108 cm³/mol. The number of methoxy groups -OCH3 is 2. The molecule has 0 aliphatic rings. The highest BCUT2D eigenvalue weighted by Crippen LogP contribution is 2.30. The highest BCUT2D eigenvalue weighted by atomic mass is 32.2. The van der Waals surface area contributed by atoms with Gasteiger partial charge in [-0.2, -0.15) is 5.10 Å². The second kappa shape index (κ2) is 7.93.